The molecule has 0 spiro atoms. The predicted octanol–water partition coefficient (Wildman–Crippen LogP) is 0.953. The lowest BCUT2D eigenvalue weighted by molar-refractivity contribution is 0.100. The Bertz CT molecular complexity index is 222. The van der Waals surface area contributed by atoms with Crippen LogP contribution in [0.2, 0.25) is 0 Å². The van der Waals surface area contributed by atoms with E-state index in [9.17, 15) is 0 Å². The number of aliphatic hydroxyl groups excluding tert-OH is 1. The largest absolute Gasteiger partial charge is 0.395 e. The van der Waals surface area contributed by atoms with Gasteiger partial charge < -0.3 is 10.0 Å². The smallest absolute Gasteiger partial charge is 0.0558 e. The molecule has 2 aliphatic rings. The number of β-amino-alcohol motifs (C(OH)–C–C–N with tert-alkyl or cyclic N) is 1. The van der Waals surface area contributed by atoms with Crippen molar-refractivity contribution in [3.05, 3.63) is 12.2 Å². The second-order valence-electron chi connectivity index (χ2n) is 5.02. The van der Waals surface area contributed by atoms with E-state index in [4.69, 9.17) is 5.11 Å². The molecule has 1 aliphatic carbocycles. The van der Waals surface area contributed by atoms with Crippen LogP contribution < -0.4 is 0 Å². The lowest BCUT2D eigenvalue weighted by Gasteiger charge is -2.36. The molecule has 92 valence electrons. The van der Waals surface area contributed by atoms with Crippen molar-refractivity contribution >= 4 is 0 Å². The van der Waals surface area contributed by atoms with Crippen LogP contribution in [0.15, 0.2) is 12.2 Å². The van der Waals surface area contributed by atoms with Gasteiger partial charge >= 0.3 is 0 Å². The number of piperazine rings is 1. The van der Waals surface area contributed by atoms with Crippen LogP contribution in [0.5, 0.6) is 0 Å². The Balaban J connectivity index is 1.66. The van der Waals surface area contributed by atoms with Crippen LogP contribution in [0.1, 0.15) is 19.3 Å². The summed E-state index contributed by atoms with van der Waals surface area (Å²) < 4.78 is 0. The topological polar surface area (TPSA) is 26.7 Å². The zero-order chi connectivity index (χ0) is 11.2. The van der Waals surface area contributed by atoms with Gasteiger partial charge in [0.15, 0.2) is 0 Å². The molecule has 0 bridgehead atoms. The first kappa shape index (κ1) is 12.1. The molecule has 0 aromatic carbocycles. The third-order valence-corrected chi connectivity index (χ3v) is 3.78. The molecule has 1 atom stereocenters. The van der Waals surface area contributed by atoms with Crippen LogP contribution in [0.25, 0.3) is 0 Å². The molecule has 1 fully saturated rings. The van der Waals surface area contributed by atoms with Gasteiger partial charge in [-0.15, -0.1) is 0 Å². The van der Waals surface area contributed by atoms with Crippen molar-refractivity contribution in [2.75, 3.05) is 45.9 Å². The van der Waals surface area contributed by atoms with Crippen LogP contribution in [0.3, 0.4) is 0 Å². The van der Waals surface area contributed by atoms with E-state index in [1.165, 1.54) is 38.9 Å². The van der Waals surface area contributed by atoms with Gasteiger partial charge in [-0.25, -0.2) is 0 Å². The fourth-order valence-electron chi connectivity index (χ4n) is 2.72. The molecule has 16 heavy (non-hydrogen) atoms. The Morgan fingerprint density at radius 2 is 1.81 bits per heavy atom. The normalized spacial score (nSPS) is 28.4. The highest BCUT2D eigenvalue weighted by Crippen LogP contribution is 2.19. The molecule has 0 aromatic heterocycles. The summed E-state index contributed by atoms with van der Waals surface area (Å²) in [5.74, 6) is 0.884. The molecule has 0 unspecified atom stereocenters. The summed E-state index contributed by atoms with van der Waals surface area (Å²) in [6, 6.07) is 0. The maximum Gasteiger partial charge on any atom is 0.0558 e. The zero-order valence-corrected chi connectivity index (χ0v) is 10.1. The van der Waals surface area contributed by atoms with Gasteiger partial charge in [0.05, 0.1) is 6.61 Å². The van der Waals surface area contributed by atoms with Crippen molar-refractivity contribution < 1.29 is 5.11 Å². The highest BCUT2D eigenvalue weighted by atomic mass is 16.3. The second kappa shape index (κ2) is 6.38. The quantitative estimate of drug-likeness (QED) is 0.720. The van der Waals surface area contributed by atoms with E-state index in [0.717, 1.165) is 25.6 Å². The summed E-state index contributed by atoms with van der Waals surface area (Å²) in [6.07, 6.45) is 8.57. The molecule has 1 saturated heterocycles. The van der Waals surface area contributed by atoms with E-state index < -0.39 is 0 Å². The van der Waals surface area contributed by atoms with Gasteiger partial charge in [0.1, 0.15) is 0 Å². The van der Waals surface area contributed by atoms with Gasteiger partial charge in [-0.3, -0.25) is 4.90 Å². The summed E-state index contributed by atoms with van der Waals surface area (Å²) in [4.78, 5) is 4.95. The number of hydrogen-bond acceptors (Lipinski definition) is 3. The highest BCUT2D eigenvalue weighted by molar-refractivity contribution is 4.91. The molecular formula is C13H24N2O. The number of aliphatic hydroxyl groups is 1. The van der Waals surface area contributed by atoms with E-state index in [2.05, 4.69) is 22.0 Å². The Labute approximate surface area is 98.7 Å². The van der Waals surface area contributed by atoms with E-state index in [-0.39, 0.29) is 0 Å². The van der Waals surface area contributed by atoms with E-state index in [0.29, 0.717) is 6.61 Å². The Morgan fingerprint density at radius 1 is 1.06 bits per heavy atom. The molecule has 2 rings (SSSR count). The van der Waals surface area contributed by atoms with Crippen molar-refractivity contribution in [2.24, 2.45) is 5.92 Å². The Morgan fingerprint density at radius 3 is 2.44 bits per heavy atom. The minimum absolute atomic E-state index is 0.299. The van der Waals surface area contributed by atoms with Crippen LogP contribution >= 0.6 is 0 Å². The molecule has 0 aromatic rings. The molecule has 0 saturated carbocycles. The first-order valence-electron chi connectivity index (χ1n) is 6.59. The minimum atomic E-state index is 0.299. The predicted molar refractivity (Wildman–Crippen MR) is 66.4 cm³/mol. The third-order valence-electron chi connectivity index (χ3n) is 3.78. The van der Waals surface area contributed by atoms with Gasteiger partial charge in [0.25, 0.3) is 0 Å². The van der Waals surface area contributed by atoms with Crippen LogP contribution in [0.4, 0.5) is 0 Å². The Kier molecular flexibility index (Phi) is 4.82. The number of rotatable bonds is 4. The second-order valence-corrected chi connectivity index (χ2v) is 5.02. The summed E-state index contributed by atoms with van der Waals surface area (Å²) >= 11 is 0. The maximum absolute atomic E-state index is 8.88. The summed E-state index contributed by atoms with van der Waals surface area (Å²) in [5.41, 5.74) is 0. The average Bonchev–Trinajstić information content (AvgIpc) is 2.33. The fourth-order valence-corrected chi connectivity index (χ4v) is 2.72. The van der Waals surface area contributed by atoms with Gasteiger partial charge in [-0.1, -0.05) is 12.2 Å². The fraction of sp³-hybridized carbons (Fsp3) is 0.846. The van der Waals surface area contributed by atoms with Crippen molar-refractivity contribution in [1.82, 2.24) is 9.80 Å². The summed E-state index contributed by atoms with van der Waals surface area (Å²) in [5, 5.41) is 8.88. The molecule has 0 amide bonds. The van der Waals surface area contributed by atoms with Gasteiger partial charge in [0.2, 0.25) is 0 Å². The summed E-state index contributed by atoms with van der Waals surface area (Å²) in [6.45, 7) is 7.04. The number of hydrogen-bond donors (Lipinski definition) is 1. The van der Waals surface area contributed by atoms with Crippen molar-refractivity contribution in [3.8, 4) is 0 Å². The Hall–Kier alpha value is -0.380. The SMILES string of the molecule is OCCN1CCN(C[C@@H]2CC=CCC2)CC1. The van der Waals surface area contributed by atoms with E-state index >= 15 is 0 Å². The van der Waals surface area contributed by atoms with Crippen LogP contribution in [-0.2, 0) is 0 Å². The molecule has 1 heterocycles. The molecule has 1 N–H and O–H groups in total. The highest BCUT2D eigenvalue weighted by Gasteiger charge is 2.19. The van der Waals surface area contributed by atoms with E-state index in [1.807, 2.05) is 0 Å². The van der Waals surface area contributed by atoms with Crippen LogP contribution in [-0.4, -0.2) is 60.8 Å². The lowest BCUT2D eigenvalue weighted by atomic mass is 9.94. The monoisotopic (exact) mass is 224 g/mol. The lowest BCUT2D eigenvalue weighted by Crippen LogP contribution is -2.48. The molecule has 1 aliphatic heterocycles. The summed E-state index contributed by atoms with van der Waals surface area (Å²) in [7, 11) is 0. The average molecular weight is 224 g/mol. The number of allylic oxidation sites excluding steroid dienone is 2. The van der Waals surface area contributed by atoms with Gasteiger partial charge in [-0.2, -0.15) is 0 Å². The van der Waals surface area contributed by atoms with Gasteiger partial charge in [0, 0.05) is 39.3 Å². The standard InChI is InChI=1S/C13H24N2O/c16-11-10-14-6-8-15(9-7-14)12-13-4-2-1-3-5-13/h1-2,13,16H,3-12H2/t13-/m1/s1. The minimum Gasteiger partial charge on any atom is -0.395 e. The van der Waals surface area contributed by atoms with Crippen LogP contribution in [0, 0.1) is 5.92 Å². The molecule has 3 nitrogen and oxygen atoms in total. The first-order valence-corrected chi connectivity index (χ1v) is 6.59. The van der Waals surface area contributed by atoms with Crippen molar-refractivity contribution in [1.29, 1.82) is 0 Å². The maximum atomic E-state index is 8.88. The van der Waals surface area contributed by atoms with Crippen molar-refractivity contribution in [2.45, 2.75) is 19.3 Å². The van der Waals surface area contributed by atoms with E-state index in [1.54, 1.807) is 0 Å². The molecular weight excluding hydrogens is 200 g/mol. The zero-order valence-electron chi connectivity index (χ0n) is 10.1. The first-order chi connectivity index (χ1) is 7.88. The van der Waals surface area contributed by atoms with Crippen molar-refractivity contribution in [3.63, 3.8) is 0 Å². The van der Waals surface area contributed by atoms with Gasteiger partial charge in [-0.05, 0) is 25.2 Å². The molecule has 3 heteroatoms. The number of nitrogens with zero attached hydrogens (tertiary/aromatic N) is 2. The third kappa shape index (κ3) is 3.58. The molecule has 0 radical (unpaired) electrons.